The van der Waals surface area contributed by atoms with Crippen LogP contribution in [-0.4, -0.2) is 37.1 Å². The van der Waals surface area contributed by atoms with Crippen LogP contribution in [0, 0.1) is 23.7 Å². The van der Waals surface area contributed by atoms with Gasteiger partial charge in [0.2, 0.25) is 0 Å². The minimum absolute atomic E-state index is 0.747. The van der Waals surface area contributed by atoms with Gasteiger partial charge < -0.3 is 5.32 Å². The number of nitrogens with one attached hydrogen (secondary N) is 1. The van der Waals surface area contributed by atoms with Crippen LogP contribution in [0.15, 0.2) is 0 Å². The first kappa shape index (κ1) is 14.8. The molecule has 3 aliphatic rings. The predicted molar refractivity (Wildman–Crippen MR) is 85.8 cm³/mol. The maximum Gasteiger partial charge on any atom is 0.0124 e. The fourth-order valence-electron chi connectivity index (χ4n) is 5.55. The first-order chi connectivity index (χ1) is 9.69. The van der Waals surface area contributed by atoms with Crippen molar-refractivity contribution in [1.82, 2.24) is 10.2 Å². The predicted octanol–water partition coefficient (Wildman–Crippen LogP) is 3.52. The zero-order valence-corrected chi connectivity index (χ0v) is 13.8. The van der Waals surface area contributed by atoms with Crippen molar-refractivity contribution < 1.29 is 0 Å². The van der Waals surface area contributed by atoms with Gasteiger partial charge in [-0.1, -0.05) is 26.7 Å². The Balaban J connectivity index is 1.63. The van der Waals surface area contributed by atoms with Gasteiger partial charge in [-0.3, -0.25) is 4.90 Å². The Hall–Kier alpha value is -0.0800. The molecular weight excluding hydrogens is 244 g/mol. The molecule has 2 nitrogen and oxygen atoms in total. The molecule has 1 N–H and O–H groups in total. The summed E-state index contributed by atoms with van der Waals surface area (Å²) < 4.78 is 0. The van der Waals surface area contributed by atoms with Crippen molar-refractivity contribution in [3.63, 3.8) is 0 Å². The van der Waals surface area contributed by atoms with E-state index in [1.165, 1.54) is 58.0 Å². The summed E-state index contributed by atoms with van der Waals surface area (Å²) in [4.78, 5) is 2.88. The lowest BCUT2D eigenvalue weighted by Crippen LogP contribution is -2.49. The lowest BCUT2D eigenvalue weighted by molar-refractivity contribution is 0.0848. The van der Waals surface area contributed by atoms with Gasteiger partial charge in [-0.05, 0) is 69.4 Å². The quantitative estimate of drug-likeness (QED) is 0.850. The van der Waals surface area contributed by atoms with E-state index in [0.717, 1.165) is 35.8 Å². The SMILES string of the molecule is CNC1CC(C)CC(C)C1CN1CCC2CCCCC21. The maximum atomic E-state index is 3.63. The molecule has 3 rings (SSSR count). The smallest absolute Gasteiger partial charge is 0.0124 e. The second kappa shape index (κ2) is 6.36. The molecule has 1 aliphatic heterocycles. The highest BCUT2D eigenvalue weighted by Crippen LogP contribution is 2.39. The maximum absolute atomic E-state index is 3.63. The highest BCUT2D eigenvalue weighted by molar-refractivity contribution is 4.94. The van der Waals surface area contributed by atoms with Crippen molar-refractivity contribution in [1.29, 1.82) is 0 Å². The van der Waals surface area contributed by atoms with Gasteiger partial charge >= 0.3 is 0 Å². The van der Waals surface area contributed by atoms with Crippen molar-refractivity contribution in [2.45, 2.75) is 70.9 Å². The summed E-state index contributed by atoms with van der Waals surface area (Å²) in [6, 6.07) is 1.68. The summed E-state index contributed by atoms with van der Waals surface area (Å²) >= 11 is 0. The molecule has 6 unspecified atom stereocenters. The Morgan fingerprint density at radius 3 is 2.65 bits per heavy atom. The molecule has 0 aromatic rings. The van der Waals surface area contributed by atoms with Gasteiger partial charge in [-0.2, -0.15) is 0 Å². The second-order valence-corrected chi connectivity index (χ2v) is 8.01. The molecule has 6 atom stereocenters. The van der Waals surface area contributed by atoms with E-state index in [-0.39, 0.29) is 0 Å². The molecule has 1 heterocycles. The van der Waals surface area contributed by atoms with E-state index in [9.17, 15) is 0 Å². The molecule has 2 aliphatic carbocycles. The lowest BCUT2D eigenvalue weighted by atomic mass is 9.72. The molecule has 0 radical (unpaired) electrons. The van der Waals surface area contributed by atoms with Crippen LogP contribution in [-0.2, 0) is 0 Å². The minimum atomic E-state index is 0.747. The van der Waals surface area contributed by atoms with E-state index in [2.05, 4.69) is 31.1 Å². The van der Waals surface area contributed by atoms with Crippen molar-refractivity contribution in [3.05, 3.63) is 0 Å². The Labute approximate surface area is 125 Å². The van der Waals surface area contributed by atoms with Gasteiger partial charge in [-0.25, -0.2) is 0 Å². The van der Waals surface area contributed by atoms with Gasteiger partial charge in [0.25, 0.3) is 0 Å². The highest BCUT2D eigenvalue weighted by Gasteiger charge is 2.40. The van der Waals surface area contributed by atoms with Gasteiger partial charge in [0.1, 0.15) is 0 Å². The molecule has 116 valence electrons. The third-order valence-corrected chi connectivity index (χ3v) is 6.62. The van der Waals surface area contributed by atoms with Gasteiger partial charge in [0.15, 0.2) is 0 Å². The van der Waals surface area contributed by atoms with E-state index in [1.54, 1.807) is 0 Å². The highest BCUT2D eigenvalue weighted by atomic mass is 15.2. The van der Waals surface area contributed by atoms with Gasteiger partial charge in [0, 0.05) is 18.6 Å². The van der Waals surface area contributed by atoms with Crippen LogP contribution in [0.1, 0.15) is 58.8 Å². The van der Waals surface area contributed by atoms with E-state index < -0.39 is 0 Å². The van der Waals surface area contributed by atoms with Crippen LogP contribution < -0.4 is 5.32 Å². The average Bonchev–Trinajstić information content (AvgIpc) is 2.85. The Bertz CT molecular complexity index is 317. The van der Waals surface area contributed by atoms with E-state index >= 15 is 0 Å². The van der Waals surface area contributed by atoms with E-state index in [0.29, 0.717) is 0 Å². The zero-order valence-electron chi connectivity index (χ0n) is 13.8. The second-order valence-electron chi connectivity index (χ2n) is 8.01. The number of fused-ring (bicyclic) bond motifs is 1. The third-order valence-electron chi connectivity index (χ3n) is 6.62. The molecule has 1 saturated heterocycles. The fourth-order valence-corrected chi connectivity index (χ4v) is 5.55. The molecule has 20 heavy (non-hydrogen) atoms. The largest absolute Gasteiger partial charge is 0.317 e. The Morgan fingerprint density at radius 2 is 1.85 bits per heavy atom. The summed E-state index contributed by atoms with van der Waals surface area (Å²) in [7, 11) is 2.18. The topological polar surface area (TPSA) is 15.3 Å². The molecule has 0 aromatic carbocycles. The number of hydrogen-bond donors (Lipinski definition) is 1. The van der Waals surface area contributed by atoms with Crippen LogP contribution in [0.2, 0.25) is 0 Å². The standard InChI is InChI=1S/C18H34N2/c1-13-10-14(2)16(17(11-13)19-3)12-20-9-8-15-6-4-5-7-18(15)20/h13-19H,4-12H2,1-3H3. The molecule has 0 aromatic heterocycles. The molecule has 0 bridgehead atoms. The molecular formula is C18H34N2. The zero-order chi connectivity index (χ0) is 14.1. The Kier molecular flexibility index (Phi) is 4.72. The summed E-state index contributed by atoms with van der Waals surface area (Å²) in [6.45, 7) is 7.67. The number of hydrogen-bond acceptors (Lipinski definition) is 2. The van der Waals surface area contributed by atoms with Crippen molar-refractivity contribution in [2.75, 3.05) is 20.1 Å². The first-order valence-corrected chi connectivity index (χ1v) is 9.10. The monoisotopic (exact) mass is 278 g/mol. The average molecular weight is 278 g/mol. The fraction of sp³-hybridized carbons (Fsp3) is 1.00. The lowest BCUT2D eigenvalue weighted by Gasteiger charge is -2.43. The molecule has 2 heteroatoms. The molecule has 2 saturated carbocycles. The number of rotatable bonds is 3. The first-order valence-electron chi connectivity index (χ1n) is 9.10. The minimum Gasteiger partial charge on any atom is -0.317 e. The molecule has 3 fully saturated rings. The molecule has 0 spiro atoms. The van der Waals surface area contributed by atoms with Crippen LogP contribution in [0.25, 0.3) is 0 Å². The van der Waals surface area contributed by atoms with Gasteiger partial charge in [-0.15, -0.1) is 0 Å². The van der Waals surface area contributed by atoms with Crippen LogP contribution in [0.5, 0.6) is 0 Å². The Morgan fingerprint density at radius 1 is 1.05 bits per heavy atom. The number of likely N-dealkylation sites (tertiary alicyclic amines) is 1. The summed E-state index contributed by atoms with van der Waals surface area (Å²) in [5.74, 6) is 3.70. The summed E-state index contributed by atoms with van der Waals surface area (Å²) in [6.07, 6.45) is 10.3. The normalized spacial score (nSPS) is 46.4. The van der Waals surface area contributed by atoms with Crippen molar-refractivity contribution in [3.8, 4) is 0 Å². The third kappa shape index (κ3) is 2.92. The van der Waals surface area contributed by atoms with Crippen molar-refractivity contribution >= 4 is 0 Å². The van der Waals surface area contributed by atoms with Crippen LogP contribution in [0.3, 0.4) is 0 Å². The van der Waals surface area contributed by atoms with E-state index in [1.807, 2.05) is 0 Å². The van der Waals surface area contributed by atoms with Crippen molar-refractivity contribution in [2.24, 2.45) is 23.7 Å². The van der Waals surface area contributed by atoms with E-state index in [4.69, 9.17) is 0 Å². The van der Waals surface area contributed by atoms with Gasteiger partial charge in [0.05, 0.1) is 0 Å². The summed E-state index contributed by atoms with van der Waals surface area (Å²) in [5.41, 5.74) is 0. The van der Waals surface area contributed by atoms with Crippen LogP contribution >= 0.6 is 0 Å². The summed E-state index contributed by atoms with van der Waals surface area (Å²) in [5, 5.41) is 3.63. The number of nitrogens with zero attached hydrogens (tertiary/aromatic N) is 1. The van der Waals surface area contributed by atoms with Crippen LogP contribution in [0.4, 0.5) is 0 Å². The molecule has 0 amide bonds.